The summed E-state index contributed by atoms with van der Waals surface area (Å²) >= 11 is 1.85. The van der Waals surface area contributed by atoms with Gasteiger partial charge in [0.1, 0.15) is 0 Å². The summed E-state index contributed by atoms with van der Waals surface area (Å²) in [6.45, 7) is 1.87. The fourth-order valence-electron chi connectivity index (χ4n) is 2.20. The van der Waals surface area contributed by atoms with Crippen LogP contribution in [0.15, 0.2) is 66.9 Å². The van der Waals surface area contributed by atoms with E-state index in [1.165, 1.54) is 15.3 Å². The number of hydrogen-bond donors (Lipinski definition) is 1. The molecule has 0 atom stereocenters. The Kier molecular flexibility index (Phi) is 4.77. The number of nitrogens with one attached hydrogen (secondary N) is 1. The molecule has 2 nitrogen and oxygen atoms in total. The van der Waals surface area contributed by atoms with E-state index in [9.17, 15) is 0 Å². The Morgan fingerprint density at radius 2 is 1.76 bits per heavy atom. The lowest BCUT2D eigenvalue weighted by atomic mass is 10.2. The second kappa shape index (κ2) is 7.16. The number of aromatic nitrogens is 1. The molecule has 0 aliphatic carbocycles. The molecule has 3 heteroatoms. The maximum absolute atomic E-state index is 4.33. The average molecular weight is 294 g/mol. The van der Waals surface area contributed by atoms with Gasteiger partial charge in [0.2, 0.25) is 0 Å². The Labute approximate surface area is 129 Å². The van der Waals surface area contributed by atoms with Crippen LogP contribution in [-0.2, 0) is 13.0 Å². The van der Waals surface area contributed by atoms with Crippen LogP contribution in [0, 0.1) is 0 Å². The summed E-state index contributed by atoms with van der Waals surface area (Å²) in [5.41, 5.74) is 2.43. The standard InChI is InChI=1S/C18H18N2S/c1-2-6-15(7-3-1)18-10-9-17(21-18)14-19-13-11-16-8-4-5-12-20-16/h1-10,12,19H,11,13-14H2. The predicted molar refractivity (Wildman–Crippen MR) is 89.4 cm³/mol. The van der Waals surface area contributed by atoms with Crippen molar-refractivity contribution in [2.75, 3.05) is 6.54 Å². The molecule has 0 fully saturated rings. The van der Waals surface area contributed by atoms with Crippen molar-refractivity contribution < 1.29 is 0 Å². The van der Waals surface area contributed by atoms with E-state index < -0.39 is 0 Å². The fraction of sp³-hybridized carbons (Fsp3) is 0.167. The van der Waals surface area contributed by atoms with Crippen LogP contribution in [0.2, 0.25) is 0 Å². The highest BCUT2D eigenvalue weighted by molar-refractivity contribution is 7.15. The van der Waals surface area contributed by atoms with Crippen LogP contribution in [0.4, 0.5) is 0 Å². The number of thiophene rings is 1. The smallest absolute Gasteiger partial charge is 0.0416 e. The average Bonchev–Trinajstić information content (AvgIpc) is 3.02. The number of hydrogen-bond acceptors (Lipinski definition) is 3. The van der Waals surface area contributed by atoms with E-state index in [-0.39, 0.29) is 0 Å². The maximum Gasteiger partial charge on any atom is 0.0416 e. The zero-order valence-corrected chi connectivity index (χ0v) is 12.6. The highest BCUT2D eigenvalue weighted by Crippen LogP contribution is 2.27. The molecule has 0 saturated heterocycles. The van der Waals surface area contributed by atoms with E-state index in [1.54, 1.807) is 0 Å². The van der Waals surface area contributed by atoms with Gasteiger partial charge in [-0.25, -0.2) is 0 Å². The van der Waals surface area contributed by atoms with E-state index >= 15 is 0 Å². The van der Waals surface area contributed by atoms with Gasteiger partial charge in [0.15, 0.2) is 0 Å². The van der Waals surface area contributed by atoms with Crippen LogP contribution in [0.3, 0.4) is 0 Å². The lowest BCUT2D eigenvalue weighted by Crippen LogP contribution is -2.16. The first kappa shape index (κ1) is 14.0. The van der Waals surface area contributed by atoms with E-state index in [4.69, 9.17) is 0 Å². The summed E-state index contributed by atoms with van der Waals surface area (Å²) in [4.78, 5) is 7.03. The second-order valence-corrected chi connectivity index (χ2v) is 6.05. The third-order valence-electron chi connectivity index (χ3n) is 3.30. The van der Waals surface area contributed by atoms with Crippen molar-refractivity contribution in [1.29, 1.82) is 0 Å². The summed E-state index contributed by atoms with van der Waals surface area (Å²) < 4.78 is 0. The quantitative estimate of drug-likeness (QED) is 0.691. The maximum atomic E-state index is 4.33. The van der Waals surface area contributed by atoms with Crippen LogP contribution in [-0.4, -0.2) is 11.5 Å². The largest absolute Gasteiger partial charge is 0.311 e. The molecule has 1 N–H and O–H groups in total. The van der Waals surface area contributed by atoms with Gasteiger partial charge >= 0.3 is 0 Å². The summed E-state index contributed by atoms with van der Waals surface area (Å²) in [5, 5.41) is 3.49. The SMILES string of the molecule is c1ccc(-c2ccc(CNCCc3ccccn3)s2)cc1. The highest BCUT2D eigenvalue weighted by Gasteiger charge is 2.02. The molecule has 1 aromatic carbocycles. The van der Waals surface area contributed by atoms with Crippen LogP contribution < -0.4 is 5.32 Å². The first-order chi connectivity index (χ1) is 10.4. The van der Waals surface area contributed by atoms with Crippen molar-refractivity contribution in [2.24, 2.45) is 0 Å². The molecule has 21 heavy (non-hydrogen) atoms. The van der Waals surface area contributed by atoms with E-state index in [0.717, 1.165) is 25.2 Å². The summed E-state index contributed by atoms with van der Waals surface area (Å²) in [5.74, 6) is 0. The molecule has 0 bridgehead atoms. The van der Waals surface area contributed by atoms with E-state index in [1.807, 2.05) is 29.7 Å². The summed E-state index contributed by atoms with van der Waals surface area (Å²) in [6.07, 6.45) is 2.82. The molecule has 106 valence electrons. The van der Waals surface area contributed by atoms with Gasteiger partial charge < -0.3 is 5.32 Å². The van der Waals surface area contributed by atoms with Gasteiger partial charge in [0.05, 0.1) is 0 Å². The Morgan fingerprint density at radius 3 is 2.57 bits per heavy atom. The topological polar surface area (TPSA) is 24.9 Å². The Hall–Kier alpha value is -1.97. The zero-order chi connectivity index (χ0) is 14.3. The number of rotatable bonds is 6. The first-order valence-electron chi connectivity index (χ1n) is 7.16. The highest BCUT2D eigenvalue weighted by atomic mass is 32.1. The minimum atomic E-state index is 0.921. The lowest BCUT2D eigenvalue weighted by molar-refractivity contribution is 0.686. The van der Waals surface area contributed by atoms with Gasteiger partial charge in [-0.3, -0.25) is 4.98 Å². The first-order valence-corrected chi connectivity index (χ1v) is 7.98. The predicted octanol–water partition coefficient (Wildman–Crippen LogP) is 4.14. The molecular formula is C18H18N2S. The normalized spacial score (nSPS) is 10.7. The molecule has 0 spiro atoms. The van der Waals surface area contributed by atoms with Crippen LogP contribution in [0.25, 0.3) is 10.4 Å². The number of nitrogens with zero attached hydrogens (tertiary/aromatic N) is 1. The molecular weight excluding hydrogens is 276 g/mol. The van der Waals surface area contributed by atoms with Crippen LogP contribution in [0.5, 0.6) is 0 Å². The van der Waals surface area contributed by atoms with Gasteiger partial charge in [-0.15, -0.1) is 11.3 Å². The molecule has 3 rings (SSSR count). The van der Waals surface area contributed by atoms with Crippen LogP contribution in [0.1, 0.15) is 10.6 Å². The van der Waals surface area contributed by atoms with Crippen molar-refractivity contribution in [3.05, 3.63) is 77.4 Å². The second-order valence-electron chi connectivity index (χ2n) is 4.88. The van der Waals surface area contributed by atoms with Crippen LogP contribution >= 0.6 is 11.3 Å². The van der Waals surface area contributed by atoms with E-state index in [0.29, 0.717) is 0 Å². The Balaban J connectivity index is 1.49. The van der Waals surface area contributed by atoms with Gasteiger partial charge in [-0.05, 0) is 29.8 Å². The number of benzene rings is 1. The zero-order valence-electron chi connectivity index (χ0n) is 11.8. The van der Waals surface area contributed by atoms with Gasteiger partial charge in [-0.1, -0.05) is 36.4 Å². The van der Waals surface area contributed by atoms with Crippen molar-refractivity contribution in [2.45, 2.75) is 13.0 Å². The minimum Gasteiger partial charge on any atom is -0.311 e. The lowest BCUT2D eigenvalue weighted by Gasteiger charge is -2.02. The molecule has 0 saturated carbocycles. The van der Waals surface area contributed by atoms with Gasteiger partial charge in [-0.2, -0.15) is 0 Å². The summed E-state index contributed by atoms with van der Waals surface area (Å²) in [7, 11) is 0. The van der Waals surface area contributed by atoms with Crippen molar-refractivity contribution in [3.63, 3.8) is 0 Å². The molecule has 0 amide bonds. The fourth-order valence-corrected chi connectivity index (χ4v) is 3.19. The molecule has 0 aliphatic heterocycles. The van der Waals surface area contributed by atoms with Crippen molar-refractivity contribution in [1.82, 2.24) is 10.3 Å². The van der Waals surface area contributed by atoms with E-state index in [2.05, 4.69) is 58.8 Å². The Morgan fingerprint density at radius 1 is 0.905 bits per heavy atom. The minimum absolute atomic E-state index is 0.921. The molecule has 0 aliphatic rings. The third kappa shape index (κ3) is 4.00. The molecule has 0 unspecified atom stereocenters. The number of pyridine rings is 1. The molecule has 3 aromatic rings. The molecule has 2 heterocycles. The molecule has 2 aromatic heterocycles. The monoisotopic (exact) mass is 294 g/mol. The summed E-state index contributed by atoms with van der Waals surface area (Å²) in [6, 6.07) is 21.0. The molecule has 0 radical (unpaired) electrons. The Bertz CT molecular complexity index is 662. The van der Waals surface area contributed by atoms with Gasteiger partial charge in [0, 0.05) is 41.2 Å². The third-order valence-corrected chi connectivity index (χ3v) is 4.44. The van der Waals surface area contributed by atoms with Crippen molar-refractivity contribution in [3.8, 4) is 10.4 Å². The van der Waals surface area contributed by atoms with Crippen molar-refractivity contribution >= 4 is 11.3 Å². The van der Waals surface area contributed by atoms with Gasteiger partial charge in [0.25, 0.3) is 0 Å².